The molecule has 0 bridgehead atoms. The van der Waals surface area contributed by atoms with Gasteiger partial charge in [0.15, 0.2) is 12.2 Å². The number of phosphoric acid groups is 2. The van der Waals surface area contributed by atoms with Crippen molar-refractivity contribution in [1.29, 1.82) is 0 Å². The molecule has 0 aromatic rings. The van der Waals surface area contributed by atoms with E-state index in [1.54, 1.807) is 0 Å². The van der Waals surface area contributed by atoms with Gasteiger partial charge in [-0.05, 0) is 69.1 Å². The number of hydrogen-bond acceptors (Lipinski definition) is 15. The molecule has 0 aliphatic rings. The van der Waals surface area contributed by atoms with Crippen LogP contribution in [0.3, 0.4) is 0 Å². The van der Waals surface area contributed by atoms with Gasteiger partial charge in [0.1, 0.15) is 19.3 Å². The Morgan fingerprint density at radius 3 is 0.918 bits per heavy atom. The zero-order valence-electron chi connectivity index (χ0n) is 63.0. The van der Waals surface area contributed by atoms with Gasteiger partial charge in [-0.25, -0.2) is 9.13 Å². The van der Waals surface area contributed by atoms with Crippen molar-refractivity contribution in [2.75, 3.05) is 39.6 Å². The van der Waals surface area contributed by atoms with E-state index >= 15 is 0 Å². The summed E-state index contributed by atoms with van der Waals surface area (Å²) in [4.78, 5) is 72.9. The van der Waals surface area contributed by atoms with Crippen LogP contribution in [0.25, 0.3) is 0 Å². The molecule has 572 valence electrons. The van der Waals surface area contributed by atoms with Gasteiger partial charge in [0.2, 0.25) is 0 Å². The van der Waals surface area contributed by atoms with Crippen LogP contribution in [0.4, 0.5) is 0 Å². The number of rotatable bonds is 74. The predicted molar refractivity (Wildman–Crippen MR) is 395 cm³/mol. The molecule has 0 rings (SSSR count). The molecule has 17 nitrogen and oxygen atoms in total. The number of allylic oxidation sites excluding steroid dienone is 4. The van der Waals surface area contributed by atoms with E-state index in [4.69, 9.17) is 37.0 Å². The molecular weight excluding hydrogens is 1270 g/mol. The van der Waals surface area contributed by atoms with Crippen LogP contribution < -0.4 is 0 Å². The lowest BCUT2D eigenvalue weighted by Gasteiger charge is -2.21. The summed E-state index contributed by atoms with van der Waals surface area (Å²) in [7, 11) is -9.93. The Labute approximate surface area is 592 Å². The molecule has 3 N–H and O–H groups in total. The maximum atomic E-state index is 13.1. The second-order valence-corrected chi connectivity index (χ2v) is 31.5. The molecule has 0 aromatic heterocycles. The zero-order chi connectivity index (χ0) is 71.6. The van der Waals surface area contributed by atoms with Gasteiger partial charge in [0, 0.05) is 25.7 Å². The van der Waals surface area contributed by atoms with Gasteiger partial charge < -0.3 is 33.8 Å². The van der Waals surface area contributed by atoms with Crippen LogP contribution in [-0.4, -0.2) is 96.7 Å². The molecule has 0 aliphatic heterocycles. The van der Waals surface area contributed by atoms with E-state index in [1.807, 2.05) is 0 Å². The fourth-order valence-corrected chi connectivity index (χ4v) is 13.0. The van der Waals surface area contributed by atoms with E-state index in [0.717, 1.165) is 133 Å². The van der Waals surface area contributed by atoms with Gasteiger partial charge in [-0.3, -0.25) is 37.3 Å². The van der Waals surface area contributed by atoms with Crippen molar-refractivity contribution in [2.24, 2.45) is 17.8 Å². The summed E-state index contributed by atoms with van der Waals surface area (Å²) in [6, 6.07) is 0. The van der Waals surface area contributed by atoms with Gasteiger partial charge in [-0.2, -0.15) is 0 Å². The van der Waals surface area contributed by atoms with Crippen molar-refractivity contribution in [3.63, 3.8) is 0 Å². The quantitative estimate of drug-likeness (QED) is 0.0169. The van der Waals surface area contributed by atoms with Gasteiger partial charge in [0.25, 0.3) is 0 Å². The van der Waals surface area contributed by atoms with Gasteiger partial charge >= 0.3 is 39.5 Å². The molecule has 0 spiro atoms. The summed E-state index contributed by atoms with van der Waals surface area (Å²) < 4.78 is 68.6. The first-order valence-electron chi connectivity index (χ1n) is 39.7. The molecule has 0 heterocycles. The molecule has 97 heavy (non-hydrogen) atoms. The summed E-state index contributed by atoms with van der Waals surface area (Å²) >= 11 is 0. The Morgan fingerprint density at radius 2 is 0.608 bits per heavy atom. The Morgan fingerprint density at radius 1 is 0.340 bits per heavy atom. The Bertz CT molecular complexity index is 1980. The highest BCUT2D eigenvalue weighted by Crippen LogP contribution is 2.45. The normalized spacial score (nSPS) is 14.5. The van der Waals surface area contributed by atoms with Crippen LogP contribution >= 0.6 is 15.6 Å². The van der Waals surface area contributed by atoms with Crippen LogP contribution in [-0.2, 0) is 65.4 Å². The third-order valence-corrected chi connectivity index (χ3v) is 19.8. The van der Waals surface area contributed by atoms with E-state index in [0.29, 0.717) is 25.7 Å². The smallest absolute Gasteiger partial charge is 0.462 e. The lowest BCUT2D eigenvalue weighted by Crippen LogP contribution is -2.30. The molecule has 0 aromatic carbocycles. The van der Waals surface area contributed by atoms with Crippen LogP contribution in [0, 0.1) is 17.8 Å². The molecule has 3 unspecified atom stereocenters. The number of phosphoric ester groups is 2. The lowest BCUT2D eigenvalue weighted by atomic mass is 10.00. The molecule has 0 aliphatic carbocycles. The van der Waals surface area contributed by atoms with Crippen LogP contribution in [0.2, 0.25) is 0 Å². The van der Waals surface area contributed by atoms with E-state index in [9.17, 15) is 43.2 Å². The number of carbonyl (C=O) groups is 4. The van der Waals surface area contributed by atoms with E-state index in [2.05, 4.69) is 72.8 Å². The molecule has 19 heteroatoms. The highest BCUT2D eigenvalue weighted by atomic mass is 31.2. The third-order valence-electron chi connectivity index (χ3n) is 17.9. The van der Waals surface area contributed by atoms with Crippen molar-refractivity contribution in [3.8, 4) is 0 Å². The Hall–Kier alpha value is -2.46. The van der Waals surface area contributed by atoms with E-state index in [-0.39, 0.29) is 25.7 Å². The number of carbonyl (C=O) groups excluding carboxylic acids is 4. The largest absolute Gasteiger partial charge is 0.472 e. The van der Waals surface area contributed by atoms with Gasteiger partial charge in [-0.15, -0.1) is 0 Å². The standard InChI is InChI=1S/C78H148O17P2/c1-8-10-11-12-13-14-15-16-17-21-27-32-37-45-52-59-75(80)88-65-73(94-77(82)61-54-47-38-33-28-22-19-18-20-25-30-35-42-49-56-69(3)4)67-92-96(84,85)90-63-72(79)64-91-97(86,87)93-68-74(66-89-76(81)60-53-46-41-40-44-51-58-71(7)9-2)95-78(83)62-55-48-39-34-29-24-23-26-31-36-43-50-57-70(5)6/h14-17,69-74,79H,8-13,18-68H2,1-7H3,(H,84,85)(H,86,87)/b15-14-,17-16-/t71?,72-,73-,74-/m1/s1. The first kappa shape index (κ1) is 94.5. The number of esters is 4. The summed E-state index contributed by atoms with van der Waals surface area (Å²) in [6.07, 6.45) is 57.7. The van der Waals surface area contributed by atoms with Crippen molar-refractivity contribution in [1.82, 2.24) is 0 Å². The summed E-state index contributed by atoms with van der Waals surface area (Å²) in [5, 5.41) is 10.6. The van der Waals surface area contributed by atoms with Crippen LogP contribution in [0.15, 0.2) is 24.3 Å². The number of unbranched alkanes of at least 4 members (excludes halogenated alkanes) is 38. The molecule has 0 amide bonds. The fourth-order valence-electron chi connectivity index (χ4n) is 11.4. The first-order chi connectivity index (χ1) is 46.8. The van der Waals surface area contributed by atoms with Crippen molar-refractivity contribution in [3.05, 3.63) is 24.3 Å². The van der Waals surface area contributed by atoms with E-state index in [1.165, 1.54) is 161 Å². The lowest BCUT2D eigenvalue weighted by molar-refractivity contribution is -0.161. The topological polar surface area (TPSA) is 237 Å². The highest BCUT2D eigenvalue weighted by Gasteiger charge is 2.30. The number of hydrogen-bond donors (Lipinski definition) is 3. The van der Waals surface area contributed by atoms with E-state index < -0.39 is 97.5 Å². The van der Waals surface area contributed by atoms with Crippen molar-refractivity contribution in [2.45, 2.75) is 394 Å². The molecule has 0 fully saturated rings. The first-order valence-corrected chi connectivity index (χ1v) is 42.7. The second kappa shape index (κ2) is 68.0. The maximum absolute atomic E-state index is 13.1. The average molecular weight is 1420 g/mol. The fraction of sp³-hybridized carbons (Fsp3) is 0.897. The molecule has 6 atom stereocenters. The van der Waals surface area contributed by atoms with Crippen LogP contribution in [0.5, 0.6) is 0 Å². The summed E-state index contributed by atoms with van der Waals surface area (Å²) in [6.45, 7) is 11.8. The molecular formula is C78H148O17P2. The minimum Gasteiger partial charge on any atom is -0.462 e. The predicted octanol–water partition coefficient (Wildman–Crippen LogP) is 22.5. The van der Waals surface area contributed by atoms with Crippen molar-refractivity contribution >= 4 is 39.5 Å². The second-order valence-electron chi connectivity index (χ2n) is 28.6. The molecule has 0 saturated carbocycles. The minimum absolute atomic E-state index is 0.100. The number of aliphatic hydroxyl groups is 1. The summed E-state index contributed by atoms with van der Waals surface area (Å²) in [5.41, 5.74) is 0. The Kier molecular flexibility index (Phi) is 66.3. The highest BCUT2D eigenvalue weighted by molar-refractivity contribution is 7.47. The SMILES string of the molecule is CCCCCC/C=C\C=C/CCCCCCCC(=O)OC[C@H](COP(=O)(O)OC[C@@H](O)COP(=O)(O)OC[C@@H](COC(=O)CCCCCCCCC(C)CC)OC(=O)CCCCCCCCCCCCCCC(C)C)OC(=O)CCCCCCCCCCCCCCCCC(C)C. The number of ether oxygens (including phenoxy) is 4. The Balaban J connectivity index is 5.29. The average Bonchev–Trinajstić information content (AvgIpc) is 1.05. The monoisotopic (exact) mass is 1420 g/mol. The zero-order valence-corrected chi connectivity index (χ0v) is 64.8. The molecule has 0 radical (unpaired) electrons. The number of aliphatic hydroxyl groups excluding tert-OH is 1. The van der Waals surface area contributed by atoms with Crippen molar-refractivity contribution < 1.29 is 80.2 Å². The minimum atomic E-state index is -4.97. The van der Waals surface area contributed by atoms with Crippen LogP contribution in [0.1, 0.15) is 376 Å². The van der Waals surface area contributed by atoms with Gasteiger partial charge in [-0.1, -0.05) is 323 Å². The maximum Gasteiger partial charge on any atom is 0.472 e. The molecule has 0 saturated heterocycles. The summed E-state index contributed by atoms with van der Waals surface area (Å²) in [5.74, 6) is 0.151. The third kappa shape index (κ3) is 70.4. The van der Waals surface area contributed by atoms with Gasteiger partial charge in [0.05, 0.1) is 26.4 Å².